The monoisotopic (exact) mass is 215 g/mol. The standard InChI is InChI=1S/C8H9NO4S/c1-5-4-6(8(10)11)2-3-7(5)14(9,12)13/h2-4H,1H3,(H,10,11)(H2,9,12,13). The maximum Gasteiger partial charge on any atom is 0.335 e. The van der Waals surface area contributed by atoms with Crippen molar-refractivity contribution in [2.45, 2.75) is 11.8 Å². The first-order valence-corrected chi connectivity index (χ1v) is 5.24. The minimum absolute atomic E-state index is 0.0369. The molecular weight excluding hydrogens is 206 g/mol. The van der Waals surface area contributed by atoms with Crippen LogP contribution in [0.25, 0.3) is 0 Å². The van der Waals surface area contributed by atoms with Gasteiger partial charge in [-0.25, -0.2) is 18.4 Å². The number of hydrogen-bond acceptors (Lipinski definition) is 3. The van der Waals surface area contributed by atoms with E-state index in [1.165, 1.54) is 25.1 Å². The first-order chi connectivity index (χ1) is 6.32. The van der Waals surface area contributed by atoms with Crippen molar-refractivity contribution >= 4 is 16.0 Å². The number of aryl methyl sites for hydroxylation is 1. The molecule has 1 rings (SSSR count). The van der Waals surface area contributed by atoms with Crippen LogP contribution in [0.15, 0.2) is 23.1 Å². The quantitative estimate of drug-likeness (QED) is 0.743. The molecule has 0 fully saturated rings. The maximum atomic E-state index is 11.0. The van der Waals surface area contributed by atoms with Gasteiger partial charge < -0.3 is 5.11 Å². The van der Waals surface area contributed by atoms with Crippen LogP contribution in [-0.2, 0) is 10.0 Å². The molecule has 6 heteroatoms. The third kappa shape index (κ3) is 2.09. The summed E-state index contributed by atoms with van der Waals surface area (Å²) in [6, 6.07) is 3.66. The lowest BCUT2D eigenvalue weighted by Gasteiger charge is -2.03. The molecule has 1 aromatic rings. The van der Waals surface area contributed by atoms with Crippen LogP contribution in [-0.4, -0.2) is 19.5 Å². The Hall–Kier alpha value is -1.40. The lowest BCUT2D eigenvalue weighted by molar-refractivity contribution is 0.0696. The van der Waals surface area contributed by atoms with Crippen molar-refractivity contribution in [2.75, 3.05) is 0 Å². The molecule has 3 N–H and O–H groups in total. The second-order valence-corrected chi connectivity index (χ2v) is 4.36. The van der Waals surface area contributed by atoms with Crippen LogP contribution in [0.5, 0.6) is 0 Å². The molecule has 0 saturated heterocycles. The lowest BCUT2D eigenvalue weighted by atomic mass is 10.1. The van der Waals surface area contributed by atoms with Gasteiger partial charge in [0.2, 0.25) is 10.0 Å². The van der Waals surface area contributed by atoms with Crippen molar-refractivity contribution in [3.8, 4) is 0 Å². The van der Waals surface area contributed by atoms with Crippen molar-refractivity contribution in [3.63, 3.8) is 0 Å². The number of carboxylic acid groups (broad SMARTS) is 1. The Balaban J connectivity index is 3.35. The van der Waals surface area contributed by atoms with E-state index in [0.29, 0.717) is 5.56 Å². The van der Waals surface area contributed by atoms with Crippen molar-refractivity contribution in [2.24, 2.45) is 5.14 Å². The van der Waals surface area contributed by atoms with E-state index in [1.807, 2.05) is 0 Å². The zero-order chi connectivity index (χ0) is 10.9. The summed E-state index contributed by atoms with van der Waals surface area (Å²) in [6.07, 6.45) is 0. The van der Waals surface area contributed by atoms with Crippen LogP contribution in [0.1, 0.15) is 15.9 Å². The van der Waals surface area contributed by atoms with Gasteiger partial charge in [-0.3, -0.25) is 0 Å². The first-order valence-electron chi connectivity index (χ1n) is 3.69. The molecule has 0 amide bonds. The van der Waals surface area contributed by atoms with Crippen LogP contribution >= 0.6 is 0 Å². The largest absolute Gasteiger partial charge is 0.478 e. The molecule has 5 nitrogen and oxygen atoms in total. The van der Waals surface area contributed by atoms with Gasteiger partial charge in [0, 0.05) is 0 Å². The molecule has 0 heterocycles. The number of hydrogen-bond donors (Lipinski definition) is 2. The van der Waals surface area contributed by atoms with Crippen molar-refractivity contribution in [1.29, 1.82) is 0 Å². The highest BCUT2D eigenvalue weighted by Crippen LogP contribution is 2.14. The van der Waals surface area contributed by atoms with Gasteiger partial charge in [0.15, 0.2) is 0 Å². The topological polar surface area (TPSA) is 97.5 Å². The SMILES string of the molecule is Cc1cc(C(=O)O)ccc1S(N)(=O)=O. The summed E-state index contributed by atoms with van der Waals surface area (Å²) in [6.45, 7) is 1.49. The molecule has 0 aromatic heterocycles. The number of primary sulfonamides is 1. The summed E-state index contributed by atoms with van der Waals surface area (Å²) in [7, 11) is -3.77. The minimum atomic E-state index is -3.77. The van der Waals surface area contributed by atoms with Crippen molar-refractivity contribution in [3.05, 3.63) is 29.3 Å². The Bertz CT molecular complexity index is 478. The number of aromatic carboxylic acids is 1. The molecule has 76 valence electrons. The van der Waals surface area contributed by atoms with Gasteiger partial charge in [0.25, 0.3) is 0 Å². The Morgan fingerprint density at radius 3 is 2.36 bits per heavy atom. The fraction of sp³-hybridized carbons (Fsp3) is 0.125. The average molecular weight is 215 g/mol. The highest BCUT2D eigenvalue weighted by Gasteiger charge is 2.13. The third-order valence-corrected chi connectivity index (χ3v) is 2.80. The van der Waals surface area contributed by atoms with Gasteiger partial charge in [-0.15, -0.1) is 0 Å². The van der Waals surface area contributed by atoms with Crippen LogP contribution in [0.2, 0.25) is 0 Å². The van der Waals surface area contributed by atoms with Gasteiger partial charge in [-0.2, -0.15) is 0 Å². The third-order valence-electron chi connectivity index (χ3n) is 1.73. The molecule has 0 aliphatic carbocycles. The highest BCUT2D eigenvalue weighted by molar-refractivity contribution is 7.89. The van der Waals surface area contributed by atoms with E-state index in [-0.39, 0.29) is 10.5 Å². The Morgan fingerprint density at radius 1 is 1.43 bits per heavy atom. The second kappa shape index (κ2) is 3.39. The smallest absolute Gasteiger partial charge is 0.335 e. The van der Waals surface area contributed by atoms with Gasteiger partial charge in [0.05, 0.1) is 10.5 Å². The van der Waals surface area contributed by atoms with Crippen molar-refractivity contribution < 1.29 is 18.3 Å². The number of sulfonamides is 1. The number of carbonyl (C=O) groups is 1. The summed E-state index contributed by atoms with van der Waals surface area (Å²) in [4.78, 5) is 10.5. The summed E-state index contributed by atoms with van der Waals surface area (Å²) in [5, 5.41) is 13.5. The predicted octanol–water partition coefficient (Wildman–Crippen LogP) is 0.341. The summed E-state index contributed by atoms with van der Waals surface area (Å²) >= 11 is 0. The summed E-state index contributed by atoms with van der Waals surface area (Å²) in [5.74, 6) is -1.10. The van der Waals surface area contributed by atoms with E-state index >= 15 is 0 Å². The fourth-order valence-electron chi connectivity index (χ4n) is 1.10. The highest BCUT2D eigenvalue weighted by atomic mass is 32.2. The Labute approximate surface area is 81.2 Å². The molecule has 0 saturated carbocycles. The predicted molar refractivity (Wildman–Crippen MR) is 49.5 cm³/mol. The normalized spacial score (nSPS) is 11.3. The molecule has 0 aliphatic heterocycles. The van der Waals surface area contributed by atoms with E-state index < -0.39 is 16.0 Å². The second-order valence-electron chi connectivity index (χ2n) is 2.83. The van der Waals surface area contributed by atoms with Crippen molar-refractivity contribution in [1.82, 2.24) is 0 Å². The van der Waals surface area contributed by atoms with E-state index in [2.05, 4.69) is 0 Å². The van der Waals surface area contributed by atoms with E-state index in [0.717, 1.165) is 0 Å². The number of carboxylic acids is 1. The van der Waals surface area contributed by atoms with Crippen LogP contribution in [0.3, 0.4) is 0 Å². The van der Waals surface area contributed by atoms with Crippen LogP contribution in [0.4, 0.5) is 0 Å². The molecule has 0 unspecified atom stereocenters. The lowest BCUT2D eigenvalue weighted by Crippen LogP contribution is -2.14. The van der Waals surface area contributed by atoms with Crippen LogP contribution < -0.4 is 5.14 Å². The van der Waals surface area contributed by atoms with E-state index in [4.69, 9.17) is 10.2 Å². The first kappa shape index (κ1) is 10.7. The van der Waals surface area contributed by atoms with Gasteiger partial charge >= 0.3 is 5.97 Å². The Morgan fingerprint density at radius 2 is 2.00 bits per heavy atom. The van der Waals surface area contributed by atoms with E-state index in [1.54, 1.807) is 0 Å². The van der Waals surface area contributed by atoms with Gasteiger partial charge in [-0.05, 0) is 30.7 Å². The molecule has 0 spiro atoms. The summed E-state index contributed by atoms with van der Waals surface area (Å²) in [5.41, 5.74) is 0.363. The van der Waals surface area contributed by atoms with E-state index in [9.17, 15) is 13.2 Å². The van der Waals surface area contributed by atoms with Crippen LogP contribution in [0, 0.1) is 6.92 Å². The van der Waals surface area contributed by atoms with Gasteiger partial charge in [0.1, 0.15) is 0 Å². The maximum absolute atomic E-state index is 11.0. The number of nitrogens with two attached hydrogens (primary N) is 1. The molecule has 0 atom stereocenters. The fourth-order valence-corrected chi connectivity index (χ4v) is 1.87. The summed E-state index contributed by atoms with van der Waals surface area (Å²) < 4.78 is 21.9. The molecule has 0 aliphatic rings. The molecular formula is C8H9NO4S. The molecule has 1 aromatic carbocycles. The zero-order valence-electron chi connectivity index (χ0n) is 7.39. The Kier molecular flexibility index (Phi) is 2.59. The average Bonchev–Trinajstić information content (AvgIpc) is 2.01. The zero-order valence-corrected chi connectivity index (χ0v) is 8.21. The minimum Gasteiger partial charge on any atom is -0.478 e. The number of benzene rings is 1. The molecule has 0 bridgehead atoms. The number of rotatable bonds is 2. The molecule has 0 radical (unpaired) electrons. The molecule has 14 heavy (non-hydrogen) atoms. The van der Waals surface area contributed by atoms with Gasteiger partial charge in [-0.1, -0.05) is 0 Å².